The molecule has 0 radical (unpaired) electrons. The fraction of sp³-hybridized carbons (Fsp3) is 0.538. The van der Waals surface area contributed by atoms with Gasteiger partial charge in [-0.25, -0.2) is 0 Å². The van der Waals surface area contributed by atoms with Crippen LogP contribution in [0.2, 0.25) is 0 Å². The summed E-state index contributed by atoms with van der Waals surface area (Å²) < 4.78 is 1.59. The molecule has 1 aromatic heterocycles. The molecule has 1 fully saturated rings. The van der Waals surface area contributed by atoms with Gasteiger partial charge >= 0.3 is 0 Å². The maximum absolute atomic E-state index is 12.3. The van der Waals surface area contributed by atoms with Gasteiger partial charge in [-0.2, -0.15) is 5.10 Å². The third-order valence-electron chi connectivity index (χ3n) is 3.37. The summed E-state index contributed by atoms with van der Waals surface area (Å²) in [7, 11) is 0. The summed E-state index contributed by atoms with van der Waals surface area (Å²) in [5.74, 6) is 0.531. The topological polar surface area (TPSA) is 64.2 Å². The van der Waals surface area contributed by atoms with Crippen LogP contribution in [0, 0.1) is 0 Å². The minimum Gasteiger partial charge on any atom is -0.382 e. The maximum atomic E-state index is 12.3. The highest BCUT2D eigenvalue weighted by molar-refractivity contribution is 5.76. The van der Waals surface area contributed by atoms with Crippen LogP contribution < -0.4 is 5.73 Å². The molecule has 2 N–H and O–H groups in total. The lowest BCUT2D eigenvalue weighted by Crippen LogP contribution is -2.40. The van der Waals surface area contributed by atoms with Crippen molar-refractivity contribution in [3.63, 3.8) is 0 Å². The summed E-state index contributed by atoms with van der Waals surface area (Å²) in [5.41, 5.74) is 5.54. The Bertz CT molecular complexity index is 420. The monoisotopic (exact) mass is 248 g/mol. The number of carbonyl (C=O) groups is 1. The second kappa shape index (κ2) is 5.71. The van der Waals surface area contributed by atoms with E-state index in [1.54, 1.807) is 23.0 Å². The second-order valence-electron chi connectivity index (χ2n) is 4.71. The number of nitrogens with two attached hydrogens (primary N) is 1. The fourth-order valence-corrected chi connectivity index (χ4v) is 2.50. The van der Waals surface area contributed by atoms with Gasteiger partial charge in [0.05, 0.1) is 0 Å². The van der Waals surface area contributed by atoms with E-state index in [9.17, 15) is 4.79 Å². The molecule has 1 aliphatic carbocycles. The van der Waals surface area contributed by atoms with Crippen molar-refractivity contribution in [2.24, 2.45) is 0 Å². The number of anilines is 1. The van der Waals surface area contributed by atoms with E-state index in [1.165, 1.54) is 12.8 Å². The number of hydrogen-bond acceptors (Lipinski definition) is 3. The van der Waals surface area contributed by atoms with Gasteiger partial charge in [-0.05, 0) is 18.9 Å². The van der Waals surface area contributed by atoms with Crippen LogP contribution in [0.5, 0.6) is 0 Å². The first-order valence-corrected chi connectivity index (χ1v) is 6.40. The minimum atomic E-state index is 0.0879. The highest BCUT2D eigenvalue weighted by Crippen LogP contribution is 2.23. The third-order valence-corrected chi connectivity index (χ3v) is 3.37. The van der Waals surface area contributed by atoms with Gasteiger partial charge in [0.25, 0.3) is 0 Å². The molecule has 1 saturated carbocycles. The summed E-state index contributed by atoms with van der Waals surface area (Å²) in [6.45, 7) is 4.59. The Morgan fingerprint density at radius 1 is 1.61 bits per heavy atom. The van der Waals surface area contributed by atoms with E-state index < -0.39 is 0 Å². The Morgan fingerprint density at radius 2 is 2.33 bits per heavy atom. The first kappa shape index (κ1) is 12.7. The van der Waals surface area contributed by atoms with Crippen LogP contribution in [-0.2, 0) is 11.3 Å². The van der Waals surface area contributed by atoms with Gasteiger partial charge in [-0.1, -0.05) is 18.9 Å². The molecule has 0 aliphatic heterocycles. The standard InChI is InChI=1S/C13H20N4O/c1-2-8-17(11-5-3-4-6-11)13(18)10-16-9-7-12(14)15-16/h2,7,9,11H,1,3-6,8,10H2,(H2,14,15). The zero-order valence-electron chi connectivity index (χ0n) is 10.6. The van der Waals surface area contributed by atoms with Crippen molar-refractivity contribution in [2.45, 2.75) is 38.3 Å². The molecule has 0 aromatic carbocycles. The van der Waals surface area contributed by atoms with Gasteiger partial charge < -0.3 is 10.6 Å². The molecule has 5 heteroatoms. The zero-order chi connectivity index (χ0) is 13.0. The van der Waals surface area contributed by atoms with E-state index in [1.807, 2.05) is 4.90 Å². The predicted molar refractivity (Wildman–Crippen MR) is 70.8 cm³/mol. The van der Waals surface area contributed by atoms with E-state index in [-0.39, 0.29) is 12.5 Å². The van der Waals surface area contributed by atoms with Crippen LogP contribution in [0.1, 0.15) is 25.7 Å². The molecular formula is C13H20N4O. The lowest BCUT2D eigenvalue weighted by atomic mass is 10.2. The number of rotatable bonds is 5. The molecule has 0 atom stereocenters. The number of carbonyl (C=O) groups excluding carboxylic acids is 1. The van der Waals surface area contributed by atoms with Crippen molar-refractivity contribution < 1.29 is 4.79 Å². The van der Waals surface area contributed by atoms with Crippen LogP contribution in [0.4, 0.5) is 5.82 Å². The summed E-state index contributed by atoms with van der Waals surface area (Å²) in [6, 6.07) is 2.06. The van der Waals surface area contributed by atoms with Gasteiger partial charge in [-0.3, -0.25) is 9.48 Å². The molecule has 1 aliphatic rings. The van der Waals surface area contributed by atoms with Gasteiger partial charge in [-0.15, -0.1) is 6.58 Å². The number of nitrogens with zero attached hydrogens (tertiary/aromatic N) is 3. The molecule has 0 saturated heterocycles. The largest absolute Gasteiger partial charge is 0.382 e. The predicted octanol–water partition coefficient (Wildman–Crippen LogP) is 1.42. The Balaban J connectivity index is 2.00. The first-order chi connectivity index (χ1) is 8.70. The van der Waals surface area contributed by atoms with E-state index in [2.05, 4.69) is 11.7 Å². The summed E-state index contributed by atoms with van der Waals surface area (Å²) in [6.07, 6.45) is 8.13. The Kier molecular flexibility index (Phi) is 4.02. The highest BCUT2D eigenvalue weighted by atomic mass is 16.2. The number of hydrogen-bond donors (Lipinski definition) is 1. The normalized spacial score (nSPS) is 15.8. The summed E-state index contributed by atoms with van der Waals surface area (Å²) >= 11 is 0. The van der Waals surface area contributed by atoms with Crippen molar-refractivity contribution in [3.05, 3.63) is 24.9 Å². The number of amides is 1. The molecule has 1 aromatic rings. The molecule has 0 spiro atoms. The number of aromatic nitrogens is 2. The van der Waals surface area contributed by atoms with Crippen LogP contribution in [0.3, 0.4) is 0 Å². The maximum Gasteiger partial charge on any atom is 0.244 e. The molecule has 0 unspecified atom stereocenters. The zero-order valence-corrected chi connectivity index (χ0v) is 10.6. The van der Waals surface area contributed by atoms with Crippen molar-refractivity contribution in [1.82, 2.24) is 14.7 Å². The van der Waals surface area contributed by atoms with Gasteiger partial charge in [0, 0.05) is 18.8 Å². The molecular weight excluding hydrogens is 228 g/mol. The Morgan fingerprint density at radius 3 is 2.89 bits per heavy atom. The second-order valence-corrected chi connectivity index (χ2v) is 4.71. The lowest BCUT2D eigenvalue weighted by molar-refractivity contribution is -0.133. The average molecular weight is 248 g/mol. The lowest BCUT2D eigenvalue weighted by Gasteiger charge is -2.27. The van der Waals surface area contributed by atoms with Crippen LogP contribution in [0.15, 0.2) is 24.9 Å². The van der Waals surface area contributed by atoms with Crippen LogP contribution >= 0.6 is 0 Å². The van der Waals surface area contributed by atoms with E-state index in [4.69, 9.17) is 5.73 Å². The first-order valence-electron chi connectivity index (χ1n) is 6.40. The SMILES string of the molecule is C=CCN(C(=O)Cn1ccc(N)n1)C1CCCC1. The molecule has 2 rings (SSSR count). The molecule has 18 heavy (non-hydrogen) atoms. The van der Waals surface area contributed by atoms with Crippen molar-refractivity contribution in [3.8, 4) is 0 Å². The summed E-state index contributed by atoms with van der Waals surface area (Å²) in [4.78, 5) is 14.2. The van der Waals surface area contributed by atoms with Crippen LogP contribution in [0.25, 0.3) is 0 Å². The Hall–Kier alpha value is -1.78. The van der Waals surface area contributed by atoms with Gasteiger partial charge in [0.15, 0.2) is 0 Å². The molecule has 0 bridgehead atoms. The Labute approximate surface area is 107 Å². The van der Waals surface area contributed by atoms with Crippen LogP contribution in [-0.4, -0.2) is 33.2 Å². The highest BCUT2D eigenvalue weighted by Gasteiger charge is 2.25. The molecule has 1 heterocycles. The van der Waals surface area contributed by atoms with Crippen molar-refractivity contribution in [1.29, 1.82) is 0 Å². The average Bonchev–Trinajstić information content (AvgIpc) is 2.97. The van der Waals surface area contributed by atoms with Gasteiger partial charge in [0.1, 0.15) is 12.4 Å². The third kappa shape index (κ3) is 2.91. The minimum absolute atomic E-state index is 0.0879. The van der Waals surface area contributed by atoms with E-state index in [0.717, 1.165) is 12.8 Å². The quantitative estimate of drug-likeness (QED) is 0.802. The molecule has 98 valence electrons. The fourth-order valence-electron chi connectivity index (χ4n) is 2.50. The van der Waals surface area contributed by atoms with Gasteiger partial charge in [0.2, 0.25) is 5.91 Å². The number of nitrogen functional groups attached to an aromatic ring is 1. The van der Waals surface area contributed by atoms with E-state index in [0.29, 0.717) is 18.4 Å². The smallest absolute Gasteiger partial charge is 0.244 e. The van der Waals surface area contributed by atoms with Crippen molar-refractivity contribution >= 4 is 11.7 Å². The molecule has 5 nitrogen and oxygen atoms in total. The van der Waals surface area contributed by atoms with E-state index >= 15 is 0 Å². The molecule has 1 amide bonds. The van der Waals surface area contributed by atoms with Crippen molar-refractivity contribution in [2.75, 3.05) is 12.3 Å². The summed E-state index contributed by atoms with van der Waals surface area (Å²) in [5, 5.41) is 4.04.